The maximum absolute atomic E-state index is 4.98. The third kappa shape index (κ3) is 1.84. The van der Waals surface area contributed by atoms with Crippen molar-refractivity contribution in [1.29, 1.82) is 0 Å². The van der Waals surface area contributed by atoms with E-state index in [0.717, 1.165) is 17.0 Å². The number of nitrogens with zero attached hydrogens (tertiary/aromatic N) is 4. The van der Waals surface area contributed by atoms with Crippen molar-refractivity contribution in [1.82, 2.24) is 19.8 Å². The Labute approximate surface area is 97.3 Å². The van der Waals surface area contributed by atoms with Crippen molar-refractivity contribution in [3.63, 3.8) is 0 Å². The summed E-state index contributed by atoms with van der Waals surface area (Å²) in [7, 11) is 0. The Kier molecular flexibility index (Phi) is 2.25. The number of rotatable bonds is 3. The SMILES string of the molecule is Cc1cccn2nc(NCc3ccno3)nc12. The van der Waals surface area contributed by atoms with Gasteiger partial charge in [-0.15, -0.1) is 5.10 Å². The Morgan fingerprint density at radius 2 is 2.35 bits per heavy atom. The van der Waals surface area contributed by atoms with Crippen molar-refractivity contribution in [3.05, 3.63) is 41.9 Å². The Morgan fingerprint density at radius 3 is 3.12 bits per heavy atom. The predicted octanol–water partition coefficient (Wildman–Crippen LogP) is 1.64. The first kappa shape index (κ1) is 9.83. The molecule has 0 aliphatic heterocycles. The zero-order valence-corrected chi connectivity index (χ0v) is 9.29. The molecule has 3 rings (SSSR count). The van der Waals surface area contributed by atoms with Crippen LogP contribution in [-0.2, 0) is 6.54 Å². The topological polar surface area (TPSA) is 68.2 Å². The van der Waals surface area contributed by atoms with E-state index < -0.39 is 0 Å². The molecule has 0 aromatic carbocycles. The van der Waals surface area contributed by atoms with E-state index in [1.807, 2.05) is 25.3 Å². The van der Waals surface area contributed by atoms with Crippen molar-refractivity contribution < 1.29 is 4.52 Å². The van der Waals surface area contributed by atoms with Crippen LogP contribution in [0.25, 0.3) is 5.65 Å². The maximum atomic E-state index is 4.98. The number of fused-ring (bicyclic) bond motifs is 1. The van der Waals surface area contributed by atoms with Gasteiger partial charge in [-0.25, -0.2) is 4.52 Å². The molecule has 0 saturated heterocycles. The molecule has 0 bridgehead atoms. The van der Waals surface area contributed by atoms with Crippen LogP contribution in [0.1, 0.15) is 11.3 Å². The molecule has 0 radical (unpaired) electrons. The molecule has 0 atom stereocenters. The molecule has 0 fully saturated rings. The summed E-state index contributed by atoms with van der Waals surface area (Å²) in [6.45, 7) is 2.53. The van der Waals surface area contributed by atoms with E-state index in [-0.39, 0.29) is 0 Å². The summed E-state index contributed by atoms with van der Waals surface area (Å²) in [6.07, 6.45) is 3.48. The fraction of sp³-hybridized carbons (Fsp3) is 0.182. The van der Waals surface area contributed by atoms with Gasteiger partial charge in [0.15, 0.2) is 11.4 Å². The Bertz CT molecular complexity index is 628. The summed E-state index contributed by atoms with van der Waals surface area (Å²) in [4.78, 5) is 4.39. The number of pyridine rings is 1. The van der Waals surface area contributed by atoms with Gasteiger partial charge in [-0.05, 0) is 18.6 Å². The van der Waals surface area contributed by atoms with Crippen LogP contribution in [0.3, 0.4) is 0 Å². The minimum Gasteiger partial charge on any atom is -0.360 e. The van der Waals surface area contributed by atoms with Gasteiger partial charge in [0, 0.05) is 12.3 Å². The quantitative estimate of drug-likeness (QED) is 0.739. The lowest BCUT2D eigenvalue weighted by Gasteiger charge is -1.95. The zero-order chi connectivity index (χ0) is 11.7. The van der Waals surface area contributed by atoms with Crippen LogP contribution >= 0.6 is 0 Å². The standard InChI is InChI=1S/C11H11N5O/c1-8-3-2-6-16-10(8)14-11(15-16)12-7-9-4-5-13-17-9/h2-6H,7H2,1H3,(H,12,15). The molecule has 0 unspecified atom stereocenters. The van der Waals surface area contributed by atoms with Crippen molar-refractivity contribution >= 4 is 11.6 Å². The minimum atomic E-state index is 0.524. The summed E-state index contributed by atoms with van der Waals surface area (Å²) < 4.78 is 6.73. The normalized spacial score (nSPS) is 10.9. The molecule has 3 aromatic heterocycles. The van der Waals surface area contributed by atoms with E-state index >= 15 is 0 Å². The van der Waals surface area contributed by atoms with Gasteiger partial charge in [0.2, 0.25) is 5.95 Å². The highest BCUT2D eigenvalue weighted by molar-refractivity contribution is 5.49. The van der Waals surface area contributed by atoms with E-state index in [1.165, 1.54) is 0 Å². The molecule has 86 valence electrons. The minimum absolute atomic E-state index is 0.524. The molecule has 6 heteroatoms. The highest BCUT2D eigenvalue weighted by atomic mass is 16.5. The summed E-state index contributed by atoms with van der Waals surface area (Å²) in [5, 5.41) is 11.0. The molecule has 0 amide bonds. The molecular weight excluding hydrogens is 218 g/mol. The number of nitrogens with one attached hydrogen (secondary N) is 1. The monoisotopic (exact) mass is 229 g/mol. The molecule has 0 spiro atoms. The van der Waals surface area contributed by atoms with Crippen molar-refractivity contribution in [2.45, 2.75) is 13.5 Å². The molecule has 0 aliphatic rings. The van der Waals surface area contributed by atoms with Crippen LogP contribution in [0.4, 0.5) is 5.95 Å². The van der Waals surface area contributed by atoms with Gasteiger partial charge in [0.05, 0.1) is 12.7 Å². The largest absolute Gasteiger partial charge is 0.360 e. The first-order valence-electron chi connectivity index (χ1n) is 5.28. The van der Waals surface area contributed by atoms with Gasteiger partial charge in [0.1, 0.15) is 0 Å². The van der Waals surface area contributed by atoms with E-state index in [4.69, 9.17) is 4.52 Å². The van der Waals surface area contributed by atoms with Gasteiger partial charge in [0.25, 0.3) is 0 Å². The van der Waals surface area contributed by atoms with Gasteiger partial charge >= 0.3 is 0 Å². The molecule has 0 aliphatic carbocycles. The average molecular weight is 229 g/mol. The lowest BCUT2D eigenvalue weighted by atomic mass is 10.3. The number of aryl methyl sites for hydroxylation is 1. The summed E-state index contributed by atoms with van der Waals surface area (Å²) in [6, 6.07) is 5.75. The van der Waals surface area contributed by atoms with Crippen molar-refractivity contribution in [2.24, 2.45) is 0 Å². The number of hydrogen-bond donors (Lipinski definition) is 1. The molecular formula is C11H11N5O. The molecule has 3 heterocycles. The Hall–Kier alpha value is -2.37. The third-order valence-corrected chi connectivity index (χ3v) is 2.47. The molecule has 17 heavy (non-hydrogen) atoms. The maximum Gasteiger partial charge on any atom is 0.243 e. The number of hydrogen-bond acceptors (Lipinski definition) is 5. The fourth-order valence-electron chi connectivity index (χ4n) is 1.61. The molecule has 0 saturated carbocycles. The van der Waals surface area contributed by atoms with Gasteiger partial charge in [-0.1, -0.05) is 11.2 Å². The van der Waals surface area contributed by atoms with Crippen molar-refractivity contribution in [2.75, 3.05) is 5.32 Å². The summed E-state index contributed by atoms with van der Waals surface area (Å²) in [5.74, 6) is 1.33. The van der Waals surface area contributed by atoms with Gasteiger partial charge < -0.3 is 9.84 Å². The molecule has 6 nitrogen and oxygen atoms in total. The molecule has 1 N–H and O–H groups in total. The summed E-state index contributed by atoms with van der Waals surface area (Å²) in [5.41, 5.74) is 1.94. The van der Waals surface area contributed by atoms with Crippen LogP contribution in [0.5, 0.6) is 0 Å². The fourth-order valence-corrected chi connectivity index (χ4v) is 1.61. The Morgan fingerprint density at radius 1 is 1.41 bits per heavy atom. The second-order valence-corrected chi connectivity index (χ2v) is 3.73. The van der Waals surface area contributed by atoms with E-state index in [2.05, 4.69) is 20.6 Å². The lowest BCUT2D eigenvalue weighted by Crippen LogP contribution is -1.99. The smallest absolute Gasteiger partial charge is 0.243 e. The van der Waals surface area contributed by atoms with E-state index in [1.54, 1.807) is 16.8 Å². The van der Waals surface area contributed by atoms with Crippen LogP contribution in [0.2, 0.25) is 0 Å². The second-order valence-electron chi connectivity index (χ2n) is 3.73. The average Bonchev–Trinajstić information content (AvgIpc) is 2.95. The lowest BCUT2D eigenvalue weighted by molar-refractivity contribution is 0.388. The number of anilines is 1. The predicted molar refractivity (Wildman–Crippen MR) is 61.6 cm³/mol. The zero-order valence-electron chi connectivity index (χ0n) is 9.29. The first-order chi connectivity index (χ1) is 8.33. The van der Waals surface area contributed by atoms with Crippen LogP contribution < -0.4 is 5.32 Å². The van der Waals surface area contributed by atoms with Gasteiger partial charge in [-0.3, -0.25) is 0 Å². The van der Waals surface area contributed by atoms with Crippen molar-refractivity contribution in [3.8, 4) is 0 Å². The van der Waals surface area contributed by atoms with Crippen LogP contribution in [0, 0.1) is 6.92 Å². The van der Waals surface area contributed by atoms with Gasteiger partial charge in [-0.2, -0.15) is 4.98 Å². The van der Waals surface area contributed by atoms with E-state index in [0.29, 0.717) is 12.5 Å². The first-order valence-corrected chi connectivity index (χ1v) is 5.28. The van der Waals surface area contributed by atoms with E-state index in [9.17, 15) is 0 Å². The Balaban J connectivity index is 1.84. The summed E-state index contributed by atoms with van der Waals surface area (Å²) >= 11 is 0. The van der Waals surface area contributed by atoms with Crippen LogP contribution in [0.15, 0.2) is 35.1 Å². The highest BCUT2D eigenvalue weighted by Crippen LogP contribution is 2.10. The van der Waals surface area contributed by atoms with Crippen LogP contribution in [-0.4, -0.2) is 19.8 Å². The second kappa shape index (κ2) is 3.89. The third-order valence-electron chi connectivity index (χ3n) is 2.47. The molecule has 3 aromatic rings. The highest BCUT2D eigenvalue weighted by Gasteiger charge is 2.05. The number of aromatic nitrogens is 4.